The standard InChI is InChI=1S/C14H26N4O/c1-12(2)18(10-13-5-3-7-16-9-13)11-14(19)17-8-4-6-15/h12-13,16H,3-5,7-11H2,1-2H3,(H,17,19). The summed E-state index contributed by atoms with van der Waals surface area (Å²) >= 11 is 0. The van der Waals surface area contributed by atoms with Crippen molar-refractivity contribution < 1.29 is 4.79 Å². The number of nitrogens with zero attached hydrogens (tertiary/aromatic N) is 2. The first-order chi connectivity index (χ1) is 9.13. The Bertz CT molecular complexity index is 305. The van der Waals surface area contributed by atoms with E-state index in [0.717, 1.165) is 19.6 Å². The van der Waals surface area contributed by atoms with Crippen molar-refractivity contribution >= 4 is 5.91 Å². The molecule has 0 spiro atoms. The molecule has 0 aromatic heterocycles. The fraction of sp³-hybridized carbons (Fsp3) is 0.857. The van der Waals surface area contributed by atoms with Crippen LogP contribution in [0.4, 0.5) is 0 Å². The van der Waals surface area contributed by atoms with Crippen LogP contribution >= 0.6 is 0 Å². The zero-order chi connectivity index (χ0) is 14.1. The lowest BCUT2D eigenvalue weighted by Crippen LogP contribution is -2.45. The minimum atomic E-state index is 0.0210. The van der Waals surface area contributed by atoms with Crippen molar-refractivity contribution in [1.82, 2.24) is 15.5 Å². The van der Waals surface area contributed by atoms with Gasteiger partial charge in [0.2, 0.25) is 5.91 Å². The normalized spacial score (nSPS) is 19.4. The van der Waals surface area contributed by atoms with Crippen LogP contribution in [0.2, 0.25) is 0 Å². The minimum absolute atomic E-state index is 0.0210. The Morgan fingerprint density at radius 3 is 2.95 bits per heavy atom. The van der Waals surface area contributed by atoms with Gasteiger partial charge in [0.25, 0.3) is 0 Å². The van der Waals surface area contributed by atoms with Gasteiger partial charge in [0.15, 0.2) is 0 Å². The lowest BCUT2D eigenvalue weighted by atomic mass is 9.98. The van der Waals surface area contributed by atoms with Crippen LogP contribution in [0.1, 0.15) is 33.1 Å². The Balaban J connectivity index is 2.34. The first-order valence-electron chi connectivity index (χ1n) is 7.22. The van der Waals surface area contributed by atoms with Crippen LogP contribution in [0.3, 0.4) is 0 Å². The highest BCUT2D eigenvalue weighted by Gasteiger charge is 2.20. The molecule has 1 heterocycles. The van der Waals surface area contributed by atoms with Crippen molar-refractivity contribution in [2.24, 2.45) is 5.92 Å². The fourth-order valence-electron chi connectivity index (χ4n) is 2.37. The molecule has 0 aromatic rings. The quantitative estimate of drug-likeness (QED) is 0.667. The van der Waals surface area contributed by atoms with Crippen molar-refractivity contribution in [3.63, 3.8) is 0 Å². The Morgan fingerprint density at radius 2 is 2.37 bits per heavy atom. The maximum Gasteiger partial charge on any atom is 0.234 e. The fourth-order valence-corrected chi connectivity index (χ4v) is 2.37. The summed E-state index contributed by atoms with van der Waals surface area (Å²) in [7, 11) is 0. The van der Waals surface area contributed by atoms with E-state index >= 15 is 0 Å². The van der Waals surface area contributed by atoms with Crippen LogP contribution in [0.25, 0.3) is 0 Å². The Kier molecular flexibility index (Phi) is 7.46. The number of nitrogens with one attached hydrogen (secondary N) is 2. The third-order valence-corrected chi connectivity index (χ3v) is 3.53. The van der Waals surface area contributed by atoms with Gasteiger partial charge in [-0.15, -0.1) is 0 Å². The summed E-state index contributed by atoms with van der Waals surface area (Å²) in [5.41, 5.74) is 0. The second-order valence-corrected chi connectivity index (χ2v) is 5.49. The van der Waals surface area contributed by atoms with E-state index in [2.05, 4.69) is 29.4 Å². The van der Waals surface area contributed by atoms with E-state index in [0.29, 0.717) is 31.5 Å². The van der Waals surface area contributed by atoms with Crippen molar-refractivity contribution in [1.29, 1.82) is 5.26 Å². The summed E-state index contributed by atoms with van der Waals surface area (Å²) in [5, 5.41) is 14.6. The number of hydrogen-bond acceptors (Lipinski definition) is 4. The molecular weight excluding hydrogens is 240 g/mol. The monoisotopic (exact) mass is 266 g/mol. The van der Waals surface area contributed by atoms with Crippen LogP contribution < -0.4 is 10.6 Å². The zero-order valence-electron chi connectivity index (χ0n) is 12.1. The number of amides is 1. The lowest BCUT2D eigenvalue weighted by molar-refractivity contribution is -0.122. The summed E-state index contributed by atoms with van der Waals surface area (Å²) in [6.45, 7) is 8.27. The molecule has 1 aliphatic rings. The smallest absolute Gasteiger partial charge is 0.234 e. The molecule has 1 rings (SSSR count). The van der Waals surface area contributed by atoms with Gasteiger partial charge in [-0.1, -0.05) is 0 Å². The van der Waals surface area contributed by atoms with Crippen molar-refractivity contribution in [2.45, 2.75) is 39.2 Å². The second kappa shape index (κ2) is 8.89. The summed E-state index contributed by atoms with van der Waals surface area (Å²) in [6.07, 6.45) is 2.84. The SMILES string of the molecule is CC(C)N(CC(=O)NCCC#N)CC1CCCNC1. The molecular formula is C14H26N4O. The third kappa shape index (κ3) is 6.55. The van der Waals surface area contributed by atoms with E-state index in [1.54, 1.807) is 0 Å². The summed E-state index contributed by atoms with van der Waals surface area (Å²) in [6, 6.07) is 2.39. The average Bonchev–Trinajstić information content (AvgIpc) is 2.39. The first kappa shape index (κ1) is 15.9. The molecule has 1 aliphatic heterocycles. The maximum atomic E-state index is 11.8. The molecule has 1 unspecified atom stereocenters. The molecule has 1 fully saturated rings. The molecule has 1 amide bonds. The van der Waals surface area contributed by atoms with Crippen LogP contribution in [0.15, 0.2) is 0 Å². The van der Waals surface area contributed by atoms with Gasteiger partial charge < -0.3 is 10.6 Å². The molecule has 0 saturated carbocycles. The number of carbonyl (C=O) groups excluding carboxylic acids is 1. The number of piperidine rings is 1. The first-order valence-corrected chi connectivity index (χ1v) is 7.22. The van der Waals surface area contributed by atoms with Crippen molar-refractivity contribution in [3.8, 4) is 6.07 Å². The van der Waals surface area contributed by atoms with Crippen LogP contribution in [-0.2, 0) is 4.79 Å². The summed E-state index contributed by atoms with van der Waals surface area (Å²) in [4.78, 5) is 14.0. The molecule has 0 bridgehead atoms. The number of nitriles is 1. The van der Waals surface area contributed by atoms with Gasteiger partial charge in [-0.3, -0.25) is 9.69 Å². The van der Waals surface area contributed by atoms with E-state index in [-0.39, 0.29) is 5.91 Å². The van der Waals surface area contributed by atoms with E-state index in [1.807, 2.05) is 6.07 Å². The van der Waals surface area contributed by atoms with Crippen molar-refractivity contribution in [2.75, 3.05) is 32.7 Å². The number of rotatable bonds is 7. The highest BCUT2D eigenvalue weighted by Crippen LogP contribution is 2.13. The molecule has 19 heavy (non-hydrogen) atoms. The topological polar surface area (TPSA) is 68.2 Å². The molecule has 2 N–H and O–H groups in total. The minimum Gasteiger partial charge on any atom is -0.354 e. The number of carbonyl (C=O) groups is 1. The molecule has 108 valence electrons. The van der Waals surface area contributed by atoms with E-state index in [4.69, 9.17) is 5.26 Å². The molecule has 5 nitrogen and oxygen atoms in total. The van der Waals surface area contributed by atoms with Gasteiger partial charge in [-0.25, -0.2) is 0 Å². The van der Waals surface area contributed by atoms with E-state index in [1.165, 1.54) is 12.8 Å². The van der Waals surface area contributed by atoms with Crippen LogP contribution in [-0.4, -0.2) is 49.6 Å². The zero-order valence-corrected chi connectivity index (χ0v) is 12.1. The third-order valence-electron chi connectivity index (χ3n) is 3.53. The summed E-state index contributed by atoms with van der Waals surface area (Å²) in [5.74, 6) is 0.663. The van der Waals surface area contributed by atoms with E-state index in [9.17, 15) is 4.79 Å². The highest BCUT2D eigenvalue weighted by atomic mass is 16.2. The van der Waals surface area contributed by atoms with Crippen molar-refractivity contribution in [3.05, 3.63) is 0 Å². The molecule has 0 aromatic carbocycles. The highest BCUT2D eigenvalue weighted by molar-refractivity contribution is 5.78. The molecule has 5 heteroatoms. The Labute approximate surface area is 116 Å². The number of hydrogen-bond donors (Lipinski definition) is 2. The summed E-state index contributed by atoms with van der Waals surface area (Å²) < 4.78 is 0. The second-order valence-electron chi connectivity index (χ2n) is 5.49. The van der Waals surface area contributed by atoms with Gasteiger partial charge >= 0.3 is 0 Å². The van der Waals surface area contributed by atoms with Gasteiger partial charge in [0.1, 0.15) is 0 Å². The maximum absolute atomic E-state index is 11.8. The van der Waals surface area contributed by atoms with Gasteiger partial charge in [0.05, 0.1) is 19.0 Å². The molecule has 0 aliphatic carbocycles. The molecule has 1 atom stereocenters. The van der Waals surface area contributed by atoms with Crippen LogP contribution in [0.5, 0.6) is 0 Å². The van der Waals surface area contributed by atoms with Gasteiger partial charge in [-0.05, 0) is 45.7 Å². The lowest BCUT2D eigenvalue weighted by Gasteiger charge is -2.32. The van der Waals surface area contributed by atoms with Gasteiger partial charge in [0, 0.05) is 19.1 Å². The predicted molar refractivity (Wildman–Crippen MR) is 75.5 cm³/mol. The molecule has 0 radical (unpaired) electrons. The largest absolute Gasteiger partial charge is 0.354 e. The molecule has 1 saturated heterocycles. The average molecular weight is 266 g/mol. The van der Waals surface area contributed by atoms with Gasteiger partial charge in [-0.2, -0.15) is 5.26 Å². The van der Waals surface area contributed by atoms with E-state index < -0.39 is 0 Å². The Hall–Kier alpha value is -1.12. The predicted octanol–water partition coefficient (Wildman–Crippen LogP) is 0.726. The van der Waals surface area contributed by atoms with Crippen LogP contribution in [0, 0.1) is 17.2 Å². The Morgan fingerprint density at radius 1 is 1.58 bits per heavy atom.